The van der Waals surface area contributed by atoms with Crippen molar-refractivity contribution in [2.75, 3.05) is 0 Å². The molecule has 0 unspecified atom stereocenters. The lowest BCUT2D eigenvalue weighted by atomic mass is 10.1. The van der Waals surface area contributed by atoms with Gasteiger partial charge in [-0.05, 0) is 48.4 Å². The zero-order valence-electron chi connectivity index (χ0n) is 12.0. The van der Waals surface area contributed by atoms with E-state index in [0.29, 0.717) is 6.61 Å². The minimum atomic E-state index is 0.0142. The summed E-state index contributed by atoms with van der Waals surface area (Å²) in [5, 5.41) is 1.13. The second-order valence-electron chi connectivity index (χ2n) is 5.18. The summed E-state index contributed by atoms with van der Waals surface area (Å²) in [5.41, 5.74) is 9.10. The maximum atomic E-state index is 5.89. The van der Waals surface area contributed by atoms with Gasteiger partial charge in [-0.3, -0.25) is 4.98 Å². The number of nitrogens with two attached hydrogens (primary N) is 1. The van der Waals surface area contributed by atoms with Crippen molar-refractivity contribution in [3.63, 3.8) is 0 Å². The van der Waals surface area contributed by atoms with Gasteiger partial charge in [-0.25, -0.2) is 0 Å². The van der Waals surface area contributed by atoms with Gasteiger partial charge in [-0.2, -0.15) is 0 Å². The highest BCUT2D eigenvalue weighted by molar-refractivity contribution is 5.78. The van der Waals surface area contributed by atoms with Crippen LogP contribution in [-0.4, -0.2) is 4.98 Å². The molecular formula is C18H18N2O. The molecule has 2 N–H and O–H groups in total. The first kappa shape index (κ1) is 13.6. The fourth-order valence-corrected chi connectivity index (χ4v) is 2.27. The number of nitrogens with zero attached hydrogens (tertiary/aromatic N) is 1. The third-order valence-corrected chi connectivity index (χ3v) is 3.46. The molecule has 0 bridgehead atoms. The minimum Gasteiger partial charge on any atom is -0.489 e. The van der Waals surface area contributed by atoms with Crippen molar-refractivity contribution in [3.05, 3.63) is 71.9 Å². The SMILES string of the molecule is C[C@H](N)c1cccc(OCc2ccc3ncccc3c2)c1. The molecule has 0 spiro atoms. The van der Waals surface area contributed by atoms with E-state index in [1.54, 1.807) is 6.20 Å². The normalized spacial score (nSPS) is 12.3. The van der Waals surface area contributed by atoms with E-state index in [2.05, 4.69) is 17.1 Å². The van der Waals surface area contributed by atoms with Crippen molar-refractivity contribution < 1.29 is 4.74 Å². The standard InChI is InChI=1S/C18H18N2O/c1-13(19)15-4-2-6-17(11-15)21-12-14-7-8-18-16(10-14)5-3-9-20-18/h2-11,13H,12,19H2,1H3/t13-/m0/s1. The lowest BCUT2D eigenvalue weighted by Crippen LogP contribution is -2.05. The van der Waals surface area contributed by atoms with E-state index in [9.17, 15) is 0 Å². The maximum absolute atomic E-state index is 5.89. The second-order valence-corrected chi connectivity index (χ2v) is 5.18. The molecule has 0 aliphatic rings. The van der Waals surface area contributed by atoms with Gasteiger partial charge < -0.3 is 10.5 Å². The van der Waals surface area contributed by atoms with E-state index in [1.165, 1.54) is 0 Å². The van der Waals surface area contributed by atoms with Crippen molar-refractivity contribution in [3.8, 4) is 5.75 Å². The molecule has 0 radical (unpaired) electrons. The van der Waals surface area contributed by atoms with E-state index in [4.69, 9.17) is 10.5 Å². The van der Waals surface area contributed by atoms with Gasteiger partial charge in [0.15, 0.2) is 0 Å². The molecule has 3 rings (SSSR count). The Morgan fingerprint density at radius 2 is 2.00 bits per heavy atom. The molecule has 3 heteroatoms. The van der Waals surface area contributed by atoms with E-state index in [1.807, 2.05) is 49.4 Å². The maximum Gasteiger partial charge on any atom is 0.120 e. The molecule has 1 aromatic heterocycles. The summed E-state index contributed by atoms with van der Waals surface area (Å²) in [6.45, 7) is 2.50. The average molecular weight is 278 g/mol. The van der Waals surface area contributed by atoms with Crippen LogP contribution >= 0.6 is 0 Å². The Hall–Kier alpha value is -2.39. The van der Waals surface area contributed by atoms with Crippen molar-refractivity contribution in [2.45, 2.75) is 19.6 Å². The molecule has 106 valence electrons. The minimum absolute atomic E-state index is 0.0142. The summed E-state index contributed by atoms with van der Waals surface area (Å²) in [6.07, 6.45) is 1.80. The quantitative estimate of drug-likeness (QED) is 0.789. The predicted molar refractivity (Wildman–Crippen MR) is 85.1 cm³/mol. The van der Waals surface area contributed by atoms with Crippen LogP contribution in [0.3, 0.4) is 0 Å². The van der Waals surface area contributed by atoms with Crippen LogP contribution in [-0.2, 0) is 6.61 Å². The Labute approximate surface area is 124 Å². The van der Waals surface area contributed by atoms with Gasteiger partial charge in [0.2, 0.25) is 0 Å². The van der Waals surface area contributed by atoms with Crippen molar-refractivity contribution in [2.24, 2.45) is 5.73 Å². The van der Waals surface area contributed by atoms with Crippen LogP contribution in [0.2, 0.25) is 0 Å². The Kier molecular flexibility index (Phi) is 3.84. The van der Waals surface area contributed by atoms with Gasteiger partial charge in [0, 0.05) is 17.6 Å². The summed E-state index contributed by atoms with van der Waals surface area (Å²) >= 11 is 0. The number of pyridine rings is 1. The van der Waals surface area contributed by atoms with E-state index in [-0.39, 0.29) is 6.04 Å². The zero-order chi connectivity index (χ0) is 14.7. The molecule has 0 saturated carbocycles. The summed E-state index contributed by atoms with van der Waals surface area (Å²) in [4.78, 5) is 4.32. The lowest BCUT2D eigenvalue weighted by molar-refractivity contribution is 0.306. The fraction of sp³-hybridized carbons (Fsp3) is 0.167. The smallest absolute Gasteiger partial charge is 0.120 e. The first-order chi connectivity index (χ1) is 10.2. The second kappa shape index (κ2) is 5.94. The molecule has 0 saturated heterocycles. The first-order valence-corrected chi connectivity index (χ1v) is 7.04. The number of benzene rings is 2. The van der Waals surface area contributed by atoms with Crippen LogP contribution in [0.4, 0.5) is 0 Å². The van der Waals surface area contributed by atoms with Gasteiger partial charge in [0.1, 0.15) is 12.4 Å². The third-order valence-electron chi connectivity index (χ3n) is 3.46. The highest BCUT2D eigenvalue weighted by Gasteiger charge is 2.02. The molecule has 21 heavy (non-hydrogen) atoms. The predicted octanol–water partition coefficient (Wildman–Crippen LogP) is 3.83. The topological polar surface area (TPSA) is 48.1 Å². The van der Waals surface area contributed by atoms with E-state index >= 15 is 0 Å². The number of rotatable bonds is 4. The molecule has 3 nitrogen and oxygen atoms in total. The van der Waals surface area contributed by atoms with Crippen LogP contribution in [0.5, 0.6) is 5.75 Å². The molecule has 0 amide bonds. The number of fused-ring (bicyclic) bond motifs is 1. The number of hydrogen-bond donors (Lipinski definition) is 1. The number of hydrogen-bond acceptors (Lipinski definition) is 3. The van der Waals surface area contributed by atoms with Crippen LogP contribution < -0.4 is 10.5 Å². The molecule has 1 atom stereocenters. The fourth-order valence-electron chi connectivity index (χ4n) is 2.27. The first-order valence-electron chi connectivity index (χ1n) is 7.04. The van der Waals surface area contributed by atoms with Crippen molar-refractivity contribution in [1.82, 2.24) is 4.98 Å². The average Bonchev–Trinajstić information content (AvgIpc) is 2.53. The Balaban J connectivity index is 1.75. The van der Waals surface area contributed by atoms with Gasteiger partial charge in [-0.15, -0.1) is 0 Å². The van der Waals surface area contributed by atoms with Crippen molar-refractivity contribution >= 4 is 10.9 Å². The Morgan fingerprint density at radius 3 is 2.86 bits per heavy atom. The molecule has 0 fully saturated rings. The monoisotopic (exact) mass is 278 g/mol. The Morgan fingerprint density at radius 1 is 1.10 bits per heavy atom. The van der Waals surface area contributed by atoms with Crippen LogP contribution in [0.15, 0.2) is 60.8 Å². The van der Waals surface area contributed by atoms with E-state index < -0.39 is 0 Å². The van der Waals surface area contributed by atoms with Crippen molar-refractivity contribution in [1.29, 1.82) is 0 Å². The summed E-state index contributed by atoms with van der Waals surface area (Å²) in [6, 6.07) is 18.1. The summed E-state index contributed by atoms with van der Waals surface area (Å²) < 4.78 is 5.86. The number of aromatic nitrogens is 1. The van der Waals surface area contributed by atoms with Gasteiger partial charge >= 0.3 is 0 Å². The van der Waals surface area contributed by atoms with Gasteiger partial charge in [-0.1, -0.05) is 24.3 Å². The molecule has 3 aromatic rings. The van der Waals surface area contributed by atoms with E-state index in [0.717, 1.165) is 27.8 Å². The molecule has 2 aromatic carbocycles. The lowest BCUT2D eigenvalue weighted by Gasteiger charge is -2.10. The molecule has 0 aliphatic heterocycles. The molecule has 0 aliphatic carbocycles. The number of ether oxygens (including phenoxy) is 1. The van der Waals surface area contributed by atoms with Crippen LogP contribution in [0, 0.1) is 0 Å². The molecule has 1 heterocycles. The highest BCUT2D eigenvalue weighted by Crippen LogP contribution is 2.20. The van der Waals surface area contributed by atoms with Gasteiger partial charge in [0.25, 0.3) is 0 Å². The van der Waals surface area contributed by atoms with Gasteiger partial charge in [0.05, 0.1) is 5.52 Å². The largest absolute Gasteiger partial charge is 0.489 e. The summed E-state index contributed by atoms with van der Waals surface area (Å²) in [7, 11) is 0. The highest BCUT2D eigenvalue weighted by atomic mass is 16.5. The molecular weight excluding hydrogens is 260 g/mol. The van der Waals surface area contributed by atoms with Crippen LogP contribution in [0.25, 0.3) is 10.9 Å². The summed E-state index contributed by atoms with van der Waals surface area (Å²) in [5.74, 6) is 0.844. The zero-order valence-corrected chi connectivity index (χ0v) is 12.0. The van der Waals surface area contributed by atoms with Crippen LogP contribution in [0.1, 0.15) is 24.1 Å². The Bertz CT molecular complexity index is 753. The third kappa shape index (κ3) is 3.20.